The van der Waals surface area contributed by atoms with Crippen LogP contribution in [0.2, 0.25) is 0 Å². The van der Waals surface area contributed by atoms with E-state index in [4.69, 9.17) is 0 Å². The van der Waals surface area contributed by atoms with Gasteiger partial charge in [0.25, 0.3) is 0 Å². The summed E-state index contributed by atoms with van der Waals surface area (Å²) in [5.41, 5.74) is 7.18. The van der Waals surface area contributed by atoms with Gasteiger partial charge in [-0.1, -0.05) is 94.9 Å². The Balaban J connectivity index is 1.00. The maximum Gasteiger partial charge on any atom is 0.169 e. The molecule has 0 atom stereocenters. The zero-order valence-electron chi connectivity index (χ0n) is 24.3. The molecule has 42 heavy (non-hydrogen) atoms. The molecule has 0 amide bonds. The van der Waals surface area contributed by atoms with Crippen molar-refractivity contribution in [3.63, 3.8) is 0 Å². The standard InChI is InChI=1S/C36H37N4S2/c1-4-29(13-15-31-27-38(2)35-11-7-5-9-33(31)35)17-20-37-21-25-41-42-26-24-40-22-18-30(19-23-40)14-16-32-28-39(3)36-12-8-6-10-34(32)36/h4-20,22-23,27-28H,1,21,24-26H2,2-3H3/q+1/b15-13+,29-17+,37-20+. The summed E-state index contributed by atoms with van der Waals surface area (Å²) in [5.74, 6) is 2.05. The fraction of sp³-hybridized carbons (Fsp3) is 0.167. The van der Waals surface area contributed by atoms with Crippen LogP contribution >= 0.6 is 21.6 Å². The molecule has 212 valence electrons. The summed E-state index contributed by atoms with van der Waals surface area (Å²) in [5, 5.41) is 2.54. The lowest BCUT2D eigenvalue weighted by atomic mass is 10.1. The Kier molecular flexibility index (Phi) is 10.4. The molecule has 3 aromatic heterocycles. The van der Waals surface area contributed by atoms with E-state index in [0.29, 0.717) is 0 Å². The molecule has 0 aliphatic rings. The second kappa shape index (κ2) is 14.8. The first-order valence-corrected chi connectivity index (χ1v) is 16.6. The molecule has 5 aromatic rings. The van der Waals surface area contributed by atoms with Gasteiger partial charge in [-0.2, -0.15) is 0 Å². The third-order valence-electron chi connectivity index (χ3n) is 7.11. The highest BCUT2D eigenvalue weighted by molar-refractivity contribution is 8.76. The fourth-order valence-electron chi connectivity index (χ4n) is 4.87. The molecule has 0 spiro atoms. The van der Waals surface area contributed by atoms with Crippen molar-refractivity contribution in [3.8, 4) is 0 Å². The normalized spacial score (nSPS) is 12.6. The number of hydrogen-bond acceptors (Lipinski definition) is 3. The van der Waals surface area contributed by atoms with Gasteiger partial charge in [-0.25, -0.2) is 4.57 Å². The van der Waals surface area contributed by atoms with E-state index in [0.717, 1.165) is 30.2 Å². The number of benzene rings is 2. The van der Waals surface area contributed by atoms with Crippen LogP contribution in [-0.2, 0) is 20.6 Å². The van der Waals surface area contributed by atoms with Crippen molar-refractivity contribution in [2.45, 2.75) is 6.54 Å². The monoisotopic (exact) mass is 589 g/mol. The molecule has 4 nitrogen and oxygen atoms in total. The summed E-state index contributed by atoms with van der Waals surface area (Å²) in [4.78, 5) is 4.56. The van der Waals surface area contributed by atoms with Gasteiger partial charge in [0.2, 0.25) is 0 Å². The number of aliphatic imine (C=N–C) groups is 1. The van der Waals surface area contributed by atoms with Crippen molar-refractivity contribution in [1.29, 1.82) is 0 Å². The number of para-hydroxylation sites is 2. The second-order valence-electron chi connectivity index (χ2n) is 10.0. The Morgan fingerprint density at radius 2 is 1.43 bits per heavy atom. The number of aromatic nitrogens is 3. The average molecular weight is 590 g/mol. The van der Waals surface area contributed by atoms with Gasteiger partial charge < -0.3 is 9.13 Å². The van der Waals surface area contributed by atoms with E-state index in [-0.39, 0.29) is 0 Å². The molecule has 0 aliphatic carbocycles. The summed E-state index contributed by atoms with van der Waals surface area (Å²) in [6, 6.07) is 21.3. The summed E-state index contributed by atoms with van der Waals surface area (Å²) < 4.78 is 6.58. The van der Waals surface area contributed by atoms with E-state index in [2.05, 4.69) is 149 Å². The van der Waals surface area contributed by atoms with Crippen LogP contribution < -0.4 is 4.57 Å². The lowest BCUT2D eigenvalue weighted by Gasteiger charge is -1.99. The molecule has 6 heteroatoms. The highest BCUT2D eigenvalue weighted by atomic mass is 33.1. The smallest absolute Gasteiger partial charge is 0.169 e. The molecule has 0 N–H and O–H groups in total. The maximum absolute atomic E-state index is 4.56. The van der Waals surface area contributed by atoms with E-state index >= 15 is 0 Å². The molecule has 5 rings (SSSR count). The fourth-order valence-corrected chi connectivity index (χ4v) is 6.72. The second-order valence-corrected chi connectivity index (χ2v) is 12.7. The predicted molar refractivity (Wildman–Crippen MR) is 187 cm³/mol. The van der Waals surface area contributed by atoms with Gasteiger partial charge in [-0.15, -0.1) is 0 Å². The molecule has 0 saturated carbocycles. The topological polar surface area (TPSA) is 26.1 Å². The van der Waals surface area contributed by atoms with Crippen molar-refractivity contribution in [1.82, 2.24) is 9.13 Å². The Morgan fingerprint density at radius 1 is 0.810 bits per heavy atom. The first-order chi connectivity index (χ1) is 20.6. The highest BCUT2D eigenvalue weighted by Crippen LogP contribution is 2.23. The first kappa shape index (κ1) is 29.5. The quantitative estimate of drug-likeness (QED) is 0.0453. The van der Waals surface area contributed by atoms with E-state index in [1.54, 1.807) is 0 Å². The van der Waals surface area contributed by atoms with Gasteiger partial charge in [0.15, 0.2) is 18.9 Å². The maximum atomic E-state index is 4.56. The number of pyridine rings is 1. The van der Waals surface area contributed by atoms with Gasteiger partial charge >= 0.3 is 0 Å². The van der Waals surface area contributed by atoms with Gasteiger partial charge in [-0.05, 0) is 40.5 Å². The van der Waals surface area contributed by atoms with Gasteiger partial charge in [0.05, 0.1) is 5.75 Å². The minimum absolute atomic E-state index is 0.802. The van der Waals surface area contributed by atoms with Crippen LogP contribution in [0, 0.1) is 0 Å². The largest absolute Gasteiger partial charge is 0.350 e. The Labute approximate surface area is 256 Å². The lowest BCUT2D eigenvalue weighted by molar-refractivity contribution is -0.692. The Hall–Kier alpha value is -4.00. The minimum atomic E-state index is 0.802. The minimum Gasteiger partial charge on any atom is -0.350 e. The van der Waals surface area contributed by atoms with Gasteiger partial charge in [0.1, 0.15) is 0 Å². The number of allylic oxidation sites excluding steroid dienone is 4. The summed E-state index contributed by atoms with van der Waals surface area (Å²) in [6.07, 6.45) is 23.1. The van der Waals surface area contributed by atoms with Crippen LogP contribution in [-0.4, -0.2) is 33.4 Å². The van der Waals surface area contributed by atoms with E-state index < -0.39 is 0 Å². The van der Waals surface area contributed by atoms with Crippen LogP contribution in [0.1, 0.15) is 16.7 Å². The zero-order chi connectivity index (χ0) is 29.1. The van der Waals surface area contributed by atoms with Crippen LogP contribution in [0.5, 0.6) is 0 Å². The zero-order valence-corrected chi connectivity index (χ0v) is 25.9. The van der Waals surface area contributed by atoms with Crippen molar-refractivity contribution in [2.75, 3.05) is 18.1 Å². The summed E-state index contributed by atoms with van der Waals surface area (Å²) >= 11 is 0. The highest BCUT2D eigenvalue weighted by Gasteiger charge is 2.04. The third-order valence-corrected chi connectivity index (χ3v) is 9.48. The third kappa shape index (κ3) is 7.64. The number of aryl methyl sites for hydroxylation is 3. The van der Waals surface area contributed by atoms with E-state index in [9.17, 15) is 0 Å². The molecule has 0 fully saturated rings. The molecule has 0 aliphatic heterocycles. The van der Waals surface area contributed by atoms with Crippen molar-refractivity contribution >= 4 is 67.8 Å². The Morgan fingerprint density at radius 3 is 2.10 bits per heavy atom. The number of fused-ring (bicyclic) bond motifs is 2. The van der Waals surface area contributed by atoms with Crippen LogP contribution in [0.3, 0.4) is 0 Å². The molecular weight excluding hydrogens is 553 g/mol. The van der Waals surface area contributed by atoms with Crippen molar-refractivity contribution in [2.24, 2.45) is 19.1 Å². The molecule has 0 unspecified atom stereocenters. The first-order valence-electron chi connectivity index (χ1n) is 14.1. The summed E-state index contributed by atoms with van der Waals surface area (Å²) in [7, 11) is 7.96. The number of nitrogens with zero attached hydrogens (tertiary/aromatic N) is 4. The molecule has 0 radical (unpaired) electrons. The molecule has 0 bridgehead atoms. The average Bonchev–Trinajstić information content (AvgIpc) is 3.53. The van der Waals surface area contributed by atoms with E-state index in [1.165, 1.54) is 38.5 Å². The van der Waals surface area contributed by atoms with Crippen molar-refractivity contribution < 1.29 is 4.57 Å². The lowest BCUT2D eigenvalue weighted by Crippen LogP contribution is -2.33. The molecular formula is C36H37N4S2+. The van der Waals surface area contributed by atoms with Gasteiger partial charge in [0, 0.05) is 78.9 Å². The van der Waals surface area contributed by atoms with Crippen LogP contribution in [0.15, 0.2) is 121 Å². The van der Waals surface area contributed by atoms with Crippen LogP contribution in [0.25, 0.3) is 40.0 Å². The van der Waals surface area contributed by atoms with Crippen molar-refractivity contribution in [3.05, 3.63) is 133 Å². The predicted octanol–water partition coefficient (Wildman–Crippen LogP) is 8.41. The molecule has 2 aromatic carbocycles. The van der Waals surface area contributed by atoms with Gasteiger partial charge in [-0.3, -0.25) is 4.99 Å². The van der Waals surface area contributed by atoms with E-state index in [1.807, 2.05) is 40.0 Å². The summed E-state index contributed by atoms with van der Waals surface area (Å²) in [6.45, 7) is 5.74. The number of hydrogen-bond donors (Lipinski definition) is 0. The molecule has 0 saturated heterocycles. The SMILES string of the molecule is C=CC(/C=C/c1cn(C)c2ccccc12)=C\C=N\CCSSCC[n+]1ccc(/C=C/c2cn(C)c3ccccc23)cc1. The van der Waals surface area contributed by atoms with Crippen LogP contribution in [0.4, 0.5) is 0 Å². The Bertz CT molecular complexity index is 1770. The number of rotatable bonds is 13. The molecule has 3 heterocycles.